The van der Waals surface area contributed by atoms with E-state index in [1.165, 1.54) is 31.2 Å². The van der Waals surface area contributed by atoms with Gasteiger partial charge < -0.3 is 14.8 Å². The number of hydrogen-bond acceptors (Lipinski definition) is 3. The SMILES string of the molecule is CNC(c1cc(OC)c(OC)cc1Br)C1CCCC1. The Bertz CT molecular complexity index is 430. The first kappa shape index (κ1) is 14.7. The number of methoxy groups -OCH3 is 2. The fraction of sp³-hybridized carbons (Fsp3) is 0.600. The van der Waals surface area contributed by atoms with Gasteiger partial charge in [-0.3, -0.25) is 0 Å². The molecule has 1 fully saturated rings. The van der Waals surface area contributed by atoms with Crippen LogP contribution in [-0.2, 0) is 0 Å². The summed E-state index contributed by atoms with van der Waals surface area (Å²) in [5.74, 6) is 2.26. The monoisotopic (exact) mass is 327 g/mol. The Balaban J connectivity index is 2.36. The molecule has 1 N–H and O–H groups in total. The second kappa shape index (κ2) is 6.62. The average Bonchev–Trinajstić information content (AvgIpc) is 2.94. The maximum Gasteiger partial charge on any atom is 0.161 e. The highest BCUT2D eigenvalue weighted by molar-refractivity contribution is 9.10. The number of ether oxygens (including phenoxy) is 2. The molecule has 1 unspecified atom stereocenters. The fourth-order valence-corrected chi connectivity index (χ4v) is 3.61. The van der Waals surface area contributed by atoms with Crippen molar-refractivity contribution >= 4 is 15.9 Å². The highest BCUT2D eigenvalue weighted by atomic mass is 79.9. The maximum absolute atomic E-state index is 5.42. The summed E-state index contributed by atoms with van der Waals surface area (Å²) in [5, 5.41) is 3.46. The summed E-state index contributed by atoms with van der Waals surface area (Å²) in [4.78, 5) is 0. The van der Waals surface area contributed by atoms with E-state index in [-0.39, 0.29) is 0 Å². The molecule has 106 valence electrons. The normalized spacial score (nSPS) is 17.5. The zero-order valence-electron chi connectivity index (χ0n) is 11.8. The Morgan fingerprint density at radius 3 is 2.26 bits per heavy atom. The molecule has 2 rings (SSSR count). The number of rotatable bonds is 5. The second-order valence-corrected chi connectivity index (χ2v) is 5.89. The molecule has 1 aliphatic rings. The van der Waals surface area contributed by atoms with Crippen molar-refractivity contribution < 1.29 is 9.47 Å². The molecule has 0 aromatic heterocycles. The molecule has 1 aromatic carbocycles. The first-order valence-electron chi connectivity index (χ1n) is 6.80. The summed E-state index contributed by atoms with van der Waals surface area (Å²) in [6, 6.07) is 4.45. The van der Waals surface area contributed by atoms with Crippen LogP contribution in [0, 0.1) is 5.92 Å². The van der Waals surface area contributed by atoms with Crippen LogP contribution >= 0.6 is 15.9 Å². The number of nitrogens with one attached hydrogen (secondary N) is 1. The highest BCUT2D eigenvalue weighted by Gasteiger charge is 2.27. The largest absolute Gasteiger partial charge is 0.493 e. The van der Waals surface area contributed by atoms with Crippen molar-refractivity contribution in [2.75, 3.05) is 21.3 Å². The summed E-state index contributed by atoms with van der Waals surface area (Å²) >= 11 is 3.66. The number of hydrogen-bond donors (Lipinski definition) is 1. The van der Waals surface area contributed by atoms with Crippen LogP contribution in [0.4, 0.5) is 0 Å². The Morgan fingerprint density at radius 1 is 1.16 bits per heavy atom. The van der Waals surface area contributed by atoms with Crippen LogP contribution in [0.15, 0.2) is 16.6 Å². The van der Waals surface area contributed by atoms with Gasteiger partial charge in [0.25, 0.3) is 0 Å². The predicted molar refractivity (Wildman–Crippen MR) is 81.0 cm³/mol. The summed E-state index contributed by atoms with van der Waals surface area (Å²) in [6.45, 7) is 0. The zero-order valence-corrected chi connectivity index (χ0v) is 13.4. The first-order valence-corrected chi connectivity index (χ1v) is 7.59. The first-order chi connectivity index (χ1) is 9.21. The van der Waals surface area contributed by atoms with Crippen LogP contribution in [-0.4, -0.2) is 21.3 Å². The van der Waals surface area contributed by atoms with E-state index in [1.54, 1.807) is 14.2 Å². The Labute approximate surface area is 123 Å². The van der Waals surface area contributed by atoms with Crippen LogP contribution in [0.3, 0.4) is 0 Å². The Kier molecular flexibility index (Phi) is 5.11. The molecule has 1 saturated carbocycles. The fourth-order valence-electron chi connectivity index (χ4n) is 3.04. The molecule has 1 aromatic rings. The molecule has 3 nitrogen and oxygen atoms in total. The van der Waals surface area contributed by atoms with Crippen molar-refractivity contribution in [1.29, 1.82) is 0 Å². The van der Waals surface area contributed by atoms with Crippen LogP contribution in [0.2, 0.25) is 0 Å². The minimum atomic E-state index is 0.372. The molecule has 0 heterocycles. The van der Waals surface area contributed by atoms with E-state index in [2.05, 4.69) is 27.3 Å². The molecule has 1 aliphatic carbocycles. The molecular weight excluding hydrogens is 306 g/mol. The molecule has 4 heteroatoms. The zero-order chi connectivity index (χ0) is 13.8. The van der Waals surface area contributed by atoms with Crippen LogP contribution in [0.25, 0.3) is 0 Å². The predicted octanol–water partition coefficient (Wildman–Crippen LogP) is 3.92. The summed E-state index contributed by atoms with van der Waals surface area (Å²) in [5.41, 5.74) is 1.26. The van der Waals surface area contributed by atoms with Crippen molar-refractivity contribution in [1.82, 2.24) is 5.32 Å². The van der Waals surface area contributed by atoms with E-state index in [9.17, 15) is 0 Å². The van der Waals surface area contributed by atoms with Gasteiger partial charge >= 0.3 is 0 Å². The smallest absolute Gasteiger partial charge is 0.161 e. The standard InChI is InChI=1S/C15H22BrNO2/c1-17-15(10-6-4-5-7-10)11-8-13(18-2)14(19-3)9-12(11)16/h8-10,15,17H,4-7H2,1-3H3. The molecular formula is C15H22BrNO2. The molecule has 0 spiro atoms. The maximum atomic E-state index is 5.42. The lowest BCUT2D eigenvalue weighted by atomic mass is 9.91. The summed E-state index contributed by atoms with van der Waals surface area (Å²) in [6.07, 6.45) is 5.28. The lowest BCUT2D eigenvalue weighted by Crippen LogP contribution is -2.24. The lowest BCUT2D eigenvalue weighted by molar-refractivity contribution is 0.349. The molecule has 0 amide bonds. The molecule has 0 aliphatic heterocycles. The summed E-state index contributed by atoms with van der Waals surface area (Å²) < 4.78 is 11.8. The second-order valence-electron chi connectivity index (χ2n) is 5.04. The van der Waals surface area contributed by atoms with Gasteiger partial charge in [0.1, 0.15) is 0 Å². The molecule has 19 heavy (non-hydrogen) atoms. The minimum Gasteiger partial charge on any atom is -0.493 e. The van der Waals surface area contributed by atoms with Gasteiger partial charge in [0.05, 0.1) is 14.2 Å². The quantitative estimate of drug-likeness (QED) is 0.889. The lowest BCUT2D eigenvalue weighted by Gasteiger charge is -2.25. The van der Waals surface area contributed by atoms with E-state index >= 15 is 0 Å². The van der Waals surface area contributed by atoms with Gasteiger partial charge in [0.2, 0.25) is 0 Å². The third-order valence-corrected chi connectivity index (χ3v) is 4.71. The van der Waals surface area contributed by atoms with E-state index < -0.39 is 0 Å². The van der Waals surface area contributed by atoms with E-state index in [1.807, 2.05) is 13.1 Å². The van der Waals surface area contributed by atoms with Gasteiger partial charge in [0, 0.05) is 10.5 Å². The topological polar surface area (TPSA) is 30.5 Å². The number of halogens is 1. The summed E-state index contributed by atoms with van der Waals surface area (Å²) in [7, 11) is 5.38. The van der Waals surface area contributed by atoms with Gasteiger partial charge in [-0.2, -0.15) is 0 Å². The third kappa shape index (κ3) is 3.06. The van der Waals surface area contributed by atoms with Crippen molar-refractivity contribution in [2.24, 2.45) is 5.92 Å². The van der Waals surface area contributed by atoms with Gasteiger partial charge in [0.15, 0.2) is 11.5 Å². The molecule has 0 radical (unpaired) electrons. The van der Waals surface area contributed by atoms with Crippen molar-refractivity contribution in [3.63, 3.8) is 0 Å². The van der Waals surface area contributed by atoms with Crippen molar-refractivity contribution in [3.05, 3.63) is 22.2 Å². The molecule has 1 atom stereocenters. The van der Waals surface area contributed by atoms with Crippen LogP contribution in [0.1, 0.15) is 37.3 Å². The van der Waals surface area contributed by atoms with E-state index in [0.717, 1.165) is 16.0 Å². The number of benzene rings is 1. The van der Waals surface area contributed by atoms with Gasteiger partial charge in [-0.15, -0.1) is 0 Å². The highest BCUT2D eigenvalue weighted by Crippen LogP contribution is 2.42. The van der Waals surface area contributed by atoms with Crippen LogP contribution in [0.5, 0.6) is 11.5 Å². The average molecular weight is 328 g/mol. The Hall–Kier alpha value is -0.740. The Morgan fingerprint density at radius 2 is 1.74 bits per heavy atom. The molecule has 0 bridgehead atoms. The van der Waals surface area contributed by atoms with Crippen molar-refractivity contribution in [2.45, 2.75) is 31.7 Å². The van der Waals surface area contributed by atoms with Gasteiger partial charge in [-0.25, -0.2) is 0 Å². The van der Waals surface area contributed by atoms with E-state index in [4.69, 9.17) is 9.47 Å². The van der Waals surface area contributed by atoms with Gasteiger partial charge in [-0.05, 0) is 43.5 Å². The third-order valence-electron chi connectivity index (χ3n) is 4.02. The molecule has 0 saturated heterocycles. The van der Waals surface area contributed by atoms with Gasteiger partial charge in [-0.1, -0.05) is 28.8 Å². The minimum absolute atomic E-state index is 0.372. The van der Waals surface area contributed by atoms with Crippen molar-refractivity contribution in [3.8, 4) is 11.5 Å². The van der Waals surface area contributed by atoms with Crippen LogP contribution < -0.4 is 14.8 Å². The van der Waals surface area contributed by atoms with E-state index in [0.29, 0.717) is 12.0 Å².